The van der Waals surface area contributed by atoms with Crippen molar-refractivity contribution < 1.29 is 41.0 Å². The SMILES string of the molecule is CCOC(C(=O)NC1(C(F)F)CC1)c1nc(C)nc(N[C@H](C)c2cccc(C(F)(F)F)c2C)c1C1OCCO1. The third-order valence-electron chi connectivity index (χ3n) is 6.84. The normalized spacial score (nSPS) is 18.7. The number of aromatic nitrogens is 2. The van der Waals surface area contributed by atoms with Crippen LogP contribution in [0.1, 0.15) is 78.9 Å². The highest BCUT2D eigenvalue weighted by Crippen LogP contribution is 2.43. The maximum atomic E-state index is 13.6. The minimum atomic E-state index is -4.52. The lowest BCUT2D eigenvalue weighted by Gasteiger charge is -2.27. The Morgan fingerprint density at radius 2 is 1.85 bits per heavy atom. The van der Waals surface area contributed by atoms with Crippen LogP contribution < -0.4 is 10.6 Å². The van der Waals surface area contributed by atoms with E-state index in [1.54, 1.807) is 26.8 Å². The Balaban J connectivity index is 1.75. The van der Waals surface area contributed by atoms with E-state index in [1.807, 2.05) is 0 Å². The molecule has 1 aliphatic carbocycles. The standard InChI is InChI=1S/C26H31F5N4O4/c1-5-37-20(22(36)35-25(9-10-25)24(27)28)19-18(23-38-11-12-39-23)21(34-15(4)33-19)32-14(3)16-7-6-8-17(13(16)2)26(29,30)31/h6-8,14,20,23-24H,5,9-12H2,1-4H3,(H,35,36)(H,32,33,34)/t14-,20?/m1/s1. The summed E-state index contributed by atoms with van der Waals surface area (Å²) in [6.45, 7) is 6.82. The largest absolute Gasteiger partial charge is 0.416 e. The van der Waals surface area contributed by atoms with Gasteiger partial charge < -0.3 is 24.8 Å². The molecule has 1 aromatic heterocycles. The van der Waals surface area contributed by atoms with Crippen molar-refractivity contribution >= 4 is 11.7 Å². The van der Waals surface area contributed by atoms with Gasteiger partial charge in [-0.3, -0.25) is 4.79 Å². The highest BCUT2D eigenvalue weighted by molar-refractivity contribution is 5.83. The van der Waals surface area contributed by atoms with Crippen molar-refractivity contribution in [2.45, 2.75) is 77.1 Å². The number of hydrogen-bond acceptors (Lipinski definition) is 7. The van der Waals surface area contributed by atoms with E-state index in [2.05, 4.69) is 20.6 Å². The van der Waals surface area contributed by atoms with Gasteiger partial charge in [0.2, 0.25) is 0 Å². The molecule has 1 aliphatic heterocycles. The Bertz CT molecular complexity index is 1200. The number of rotatable bonds is 10. The number of alkyl halides is 5. The summed E-state index contributed by atoms with van der Waals surface area (Å²) in [5.74, 6) is -0.407. The molecule has 39 heavy (non-hydrogen) atoms. The number of amides is 1. The molecule has 1 saturated carbocycles. The molecular weight excluding hydrogens is 527 g/mol. The zero-order valence-corrected chi connectivity index (χ0v) is 22.0. The fraction of sp³-hybridized carbons (Fsp3) is 0.577. The van der Waals surface area contributed by atoms with Crippen LogP contribution in [0.3, 0.4) is 0 Å². The number of nitrogens with zero attached hydrogens (tertiary/aromatic N) is 2. The predicted octanol–water partition coefficient (Wildman–Crippen LogP) is 5.32. The van der Waals surface area contributed by atoms with Crippen LogP contribution in [0.15, 0.2) is 18.2 Å². The molecule has 2 aromatic rings. The van der Waals surface area contributed by atoms with Gasteiger partial charge in [0.05, 0.1) is 36.1 Å². The first-order chi connectivity index (χ1) is 18.4. The van der Waals surface area contributed by atoms with Crippen molar-refractivity contribution in [2.24, 2.45) is 0 Å². The lowest BCUT2D eigenvalue weighted by Crippen LogP contribution is -2.45. The van der Waals surface area contributed by atoms with Gasteiger partial charge in [-0.2, -0.15) is 13.2 Å². The molecule has 1 aromatic carbocycles. The van der Waals surface area contributed by atoms with Crippen molar-refractivity contribution in [2.75, 3.05) is 25.1 Å². The molecule has 2 atom stereocenters. The fourth-order valence-corrected chi connectivity index (χ4v) is 4.67. The zero-order chi connectivity index (χ0) is 28.5. The third kappa shape index (κ3) is 6.15. The van der Waals surface area contributed by atoms with E-state index in [0.717, 1.165) is 6.07 Å². The van der Waals surface area contributed by atoms with Crippen molar-refractivity contribution in [3.05, 3.63) is 52.0 Å². The summed E-state index contributed by atoms with van der Waals surface area (Å²) in [6.07, 6.45) is -9.39. The van der Waals surface area contributed by atoms with E-state index in [1.165, 1.54) is 13.0 Å². The second-order valence-electron chi connectivity index (χ2n) is 9.66. The second kappa shape index (κ2) is 11.3. The summed E-state index contributed by atoms with van der Waals surface area (Å²) in [6, 6.07) is 3.26. The van der Waals surface area contributed by atoms with Crippen LogP contribution >= 0.6 is 0 Å². The van der Waals surface area contributed by atoms with Crippen LogP contribution in [-0.4, -0.2) is 47.7 Å². The van der Waals surface area contributed by atoms with Crippen LogP contribution in [0.25, 0.3) is 0 Å². The Morgan fingerprint density at radius 1 is 1.18 bits per heavy atom. The summed E-state index contributed by atoms with van der Waals surface area (Å²) >= 11 is 0. The van der Waals surface area contributed by atoms with Crippen molar-refractivity contribution in [3.8, 4) is 0 Å². The number of hydrogen-bond donors (Lipinski definition) is 2. The summed E-state index contributed by atoms with van der Waals surface area (Å²) in [4.78, 5) is 22.1. The first-order valence-corrected chi connectivity index (χ1v) is 12.6. The third-order valence-corrected chi connectivity index (χ3v) is 6.84. The highest BCUT2D eigenvalue weighted by Gasteiger charge is 2.53. The summed E-state index contributed by atoms with van der Waals surface area (Å²) in [5, 5.41) is 5.55. The first-order valence-electron chi connectivity index (χ1n) is 12.6. The van der Waals surface area contributed by atoms with Crippen LogP contribution in [0, 0.1) is 13.8 Å². The van der Waals surface area contributed by atoms with Crippen molar-refractivity contribution in [1.82, 2.24) is 15.3 Å². The van der Waals surface area contributed by atoms with Gasteiger partial charge in [-0.1, -0.05) is 12.1 Å². The molecule has 2 N–H and O–H groups in total. The number of aryl methyl sites for hydroxylation is 1. The topological polar surface area (TPSA) is 94.6 Å². The van der Waals surface area contributed by atoms with Crippen LogP contribution in [0.2, 0.25) is 0 Å². The number of halogens is 5. The number of anilines is 1. The van der Waals surface area contributed by atoms with Gasteiger partial charge in [0.25, 0.3) is 12.3 Å². The molecule has 2 heterocycles. The Morgan fingerprint density at radius 3 is 2.41 bits per heavy atom. The van der Waals surface area contributed by atoms with E-state index in [9.17, 15) is 26.7 Å². The zero-order valence-electron chi connectivity index (χ0n) is 22.0. The molecule has 8 nitrogen and oxygen atoms in total. The fourth-order valence-electron chi connectivity index (χ4n) is 4.67. The van der Waals surface area contributed by atoms with Crippen LogP contribution in [0.5, 0.6) is 0 Å². The minimum absolute atomic E-state index is 0.0548. The van der Waals surface area contributed by atoms with Crippen LogP contribution in [0.4, 0.5) is 27.8 Å². The molecule has 1 unspecified atom stereocenters. The maximum absolute atomic E-state index is 13.6. The van der Waals surface area contributed by atoms with Gasteiger partial charge >= 0.3 is 6.18 Å². The van der Waals surface area contributed by atoms with Gasteiger partial charge in [0, 0.05) is 6.61 Å². The molecule has 0 spiro atoms. The van der Waals surface area contributed by atoms with Crippen molar-refractivity contribution in [1.29, 1.82) is 0 Å². The average Bonchev–Trinajstić information content (AvgIpc) is 3.44. The molecule has 1 amide bonds. The number of carbonyl (C=O) groups excluding carboxylic acids is 1. The van der Waals surface area contributed by atoms with Gasteiger partial charge in [-0.15, -0.1) is 0 Å². The molecule has 13 heteroatoms. The lowest BCUT2D eigenvalue weighted by atomic mass is 9.97. The van der Waals surface area contributed by atoms with Gasteiger partial charge in [0.1, 0.15) is 17.2 Å². The Hall–Kier alpha value is -2.90. The quantitative estimate of drug-likeness (QED) is 0.381. The number of carbonyl (C=O) groups is 1. The number of ether oxygens (including phenoxy) is 3. The Labute approximate surface area is 222 Å². The molecule has 1 saturated heterocycles. The molecule has 2 aliphatic rings. The molecule has 0 radical (unpaired) electrons. The minimum Gasteiger partial charge on any atom is -0.363 e. The molecule has 2 fully saturated rings. The molecular formula is C26H31F5N4O4. The van der Waals surface area contributed by atoms with E-state index in [0.29, 0.717) is 5.56 Å². The monoisotopic (exact) mass is 558 g/mol. The number of benzene rings is 1. The first kappa shape index (κ1) is 29.1. The van der Waals surface area contributed by atoms with E-state index in [-0.39, 0.29) is 61.1 Å². The highest BCUT2D eigenvalue weighted by atomic mass is 19.4. The second-order valence-corrected chi connectivity index (χ2v) is 9.66. The molecule has 4 rings (SSSR count). The molecule has 0 bridgehead atoms. The molecule has 214 valence electrons. The van der Waals surface area contributed by atoms with E-state index in [4.69, 9.17) is 14.2 Å². The lowest BCUT2D eigenvalue weighted by molar-refractivity contribution is -0.138. The smallest absolute Gasteiger partial charge is 0.363 e. The average molecular weight is 559 g/mol. The van der Waals surface area contributed by atoms with Gasteiger partial charge in [-0.25, -0.2) is 18.7 Å². The number of nitrogens with one attached hydrogen (secondary N) is 2. The van der Waals surface area contributed by atoms with E-state index < -0.39 is 48.0 Å². The van der Waals surface area contributed by atoms with Crippen LogP contribution in [-0.2, 0) is 25.2 Å². The summed E-state index contributed by atoms with van der Waals surface area (Å²) in [5.41, 5.74) is -1.64. The predicted molar refractivity (Wildman–Crippen MR) is 130 cm³/mol. The Kier molecular flexibility index (Phi) is 8.43. The van der Waals surface area contributed by atoms with Gasteiger partial charge in [-0.05, 0) is 57.7 Å². The maximum Gasteiger partial charge on any atom is 0.416 e. The van der Waals surface area contributed by atoms with Crippen molar-refractivity contribution in [3.63, 3.8) is 0 Å². The summed E-state index contributed by atoms with van der Waals surface area (Å²) in [7, 11) is 0. The van der Waals surface area contributed by atoms with Gasteiger partial charge in [0.15, 0.2) is 12.4 Å². The summed E-state index contributed by atoms with van der Waals surface area (Å²) < 4.78 is 84.8. The van der Waals surface area contributed by atoms with E-state index >= 15 is 0 Å².